The van der Waals surface area contributed by atoms with Crippen LogP contribution in [0.5, 0.6) is 0 Å². The van der Waals surface area contributed by atoms with Gasteiger partial charge in [0, 0.05) is 16.9 Å². The molecule has 1 unspecified atom stereocenters. The van der Waals surface area contributed by atoms with Crippen molar-refractivity contribution >= 4 is 34.3 Å². The molecular formula is C30H34N4O3. The van der Waals surface area contributed by atoms with Crippen molar-refractivity contribution < 1.29 is 14.3 Å². The number of ether oxygens (including phenoxy) is 1. The molecule has 0 bridgehead atoms. The minimum atomic E-state index is -0.349. The van der Waals surface area contributed by atoms with E-state index < -0.39 is 0 Å². The molecule has 4 aromatic rings. The molecule has 2 amide bonds. The van der Waals surface area contributed by atoms with Crippen molar-refractivity contribution in [3.63, 3.8) is 0 Å². The molecule has 0 aliphatic carbocycles. The second-order valence-corrected chi connectivity index (χ2v) is 10.2. The van der Waals surface area contributed by atoms with Gasteiger partial charge in [0.2, 0.25) is 0 Å². The minimum absolute atomic E-state index is 0.197. The Morgan fingerprint density at radius 3 is 2.38 bits per heavy atom. The smallest absolute Gasteiger partial charge is 0.324 e. The third-order valence-corrected chi connectivity index (χ3v) is 6.17. The lowest BCUT2D eigenvalue weighted by Crippen LogP contribution is -2.21. The second-order valence-electron chi connectivity index (χ2n) is 10.2. The Kier molecular flexibility index (Phi) is 7.62. The lowest BCUT2D eigenvalue weighted by molar-refractivity contribution is -0.147. The van der Waals surface area contributed by atoms with Crippen molar-refractivity contribution in [2.45, 2.75) is 46.5 Å². The topological polar surface area (TPSA) is 85.2 Å². The predicted molar refractivity (Wildman–Crippen MR) is 148 cm³/mol. The third kappa shape index (κ3) is 6.17. The fourth-order valence-corrected chi connectivity index (χ4v) is 4.13. The summed E-state index contributed by atoms with van der Waals surface area (Å²) in [6, 6.07) is 23.1. The Hall–Kier alpha value is -4.13. The van der Waals surface area contributed by atoms with E-state index >= 15 is 0 Å². The van der Waals surface area contributed by atoms with Gasteiger partial charge in [-0.3, -0.25) is 10.1 Å². The molecule has 0 aliphatic rings. The minimum Gasteiger partial charge on any atom is -0.466 e. The molecule has 2 N–H and O–H groups in total. The van der Waals surface area contributed by atoms with Gasteiger partial charge in [-0.15, -0.1) is 0 Å². The van der Waals surface area contributed by atoms with E-state index in [1.165, 1.54) is 0 Å². The molecule has 192 valence electrons. The van der Waals surface area contributed by atoms with E-state index in [1.807, 2.05) is 86.6 Å². The van der Waals surface area contributed by atoms with Crippen LogP contribution in [0.1, 0.15) is 45.9 Å². The molecule has 0 saturated carbocycles. The summed E-state index contributed by atoms with van der Waals surface area (Å²) in [5, 5.41) is 12.8. The highest BCUT2D eigenvalue weighted by molar-refractivity contribution is 6.06. The quantitative estimate of drug-likeness (QED) is 0.277. The number of nitrogens with zero attached hydrogens (tertiary/aromatic N) is 2. The van der Waals surface area contributed by atoms with Crippen LogP contribution < -0.4 is 10.6 Å². The SMILES string of the molecule is CCOC(=O)C(C)Cc1ccc(-n2nc(C(C)(C)C)cc2NC(=O)Nc2cccc3ccccc23)cc1. The van der Waals surface area contributed by atoms with Crippen LogP contribution in [0.3, 0.4) is 0 Å². The number of carbonyl (C=O) groups is 2. The van der Waals surface area contributed by atoms with Gasteiger partial charge < -0.3 is 10.1 Å². The Balaban J connectivity index is 1.57. The average molecular weight is 499 g/mol. The monoisotopic (exact) mass is 498 g/mol. The van der Waals surface area contributed by atoms with Gasteiger partial charge in [-0.25, -0.2) is 9.48 Å². The molecule has 1 atom stereocenters. The molecule has 1 heterocycles. The highest BCUT2D eigenvalue weighted by Gasteiger charge is 2.22. The summed E-state index contributed by atoms with van der Waals surface area (Å²) in [5.74, 6) is 0.144. The number of carbonyl (C=O) groups excluding carboxylic acids is 2. The lowest BCUT2D eigenvalue weighted by atomic mass is 9.92. The van der Waals surface area contributed by atoms with Crippen molar-refractivity contribution in [2.24, 2.45) is 5.92 Å². The molecule has 0 fully saturated rings. The van der Waals surface area contributed by atoms with Crippen LogP contribution in [0.2, 0.25) is 0 Å². The highest BCUT2D eigenvalue weighted by Crippen LogP contribution is 2.28. The van der Waals surface area contributed by atoms with Crippen LogP contribution in [-0.4, -0.2) is 28.4 Å². The van der Waals surface area contributed by atoms with Gasteiger partial charge in [-0.05, 0) is 42.5 Å². The lowest BCUT2D eigenvalue weighted by Gasteiger charge is -2.14. The number of hydrogen-bond donors (Lipinski definition) is 2. The largest absolute Gasteiger partial charge is 0.466 e. The Bertz CT molecular complexity index is 1400. The van der Waals surface area contributed by atoms with Crippen molar-refractivity contribution in [1.29, 1.82) is 0 Å². The number of aromatic nitrogens is 2. The van der Waals surface area contributed by atoms with Gasteiger partial charge in [0.25, 0.3) is 0 Å². The van der Waals surface area contributed by atoms with Gasteiger partial charge in [0.1, 0.15) is 5.82 Å². The summed E-state index contributed by atoms with van der Waals surface area (Å²) < 4.78 is 6.86. The first-order chi connectivity index (χ1) is 17.7. The molecule has 7 nitrogen and oxygen atoms in total. The number of benzene rings is 3. The average Bonchev–Trinajstić information content (AvgIpc) is 3.29. The Morgan fingerprint density at radius 1 is 0.973 bits per heavy atom. The van der Waals surface area contributed by atoms with Crippen molar-refractivity contribution in [3.8, 4) is 5.69 Å². The van der Waals surface area contributed by atoms with Crippen molar-refractivity contribution in [3.05, 3.63) is 84.1 Å². The maximum absolute atomic E-state index is 13.1. The number of amides is 2. The third-order valence-electron chi connectivity index (χ3n) is 6.17. The van der Waals surface area contributed by atoms with E-state index in [4.69, 9.17) is 9.84 Å². The maximum atomic E-state index is 13.1. The molecule has 0 aliphatic heterocycles. The van der Waals surface area contributed by atoms with Crippen molar-refractivity contribution in [2.75, 3.05) is 17.2 Å². The zero-order valence-electron chi connectivity index (χ0n) is 22.0. The number of hydrogen-bond acceptors (Lipinski definition) is 4. The van der Waals surface area contributed by atoms with Crippen LogP contribution in [-0.2, 0) is 21.4 Å². The number of fused-ring (bicyclic) bond motifs is 1. The molecule has 0 spiro atoms. The second kappa shape index (κ2) is 10.9. The molecule has 7 heteroatoms. The van der Waals surface area contributed by atoms with Crippen molar-refractivity contribution in [1.82, 2.24) is 9.78 Å². The zero-order chi connectivity index (χ0) is 26.6. The molecule has 37 heavy (non-hydrogen) atoms. The standard InChI is InChI=1S/C30H34N4O3/c1-6-37-28(35)20(2)18-21-14-16-23(17-15-21)34-27(19-26(33-34)30(3,4)5)32-29(36)31-25-13-9-11-22-10-7-8-12-24(22)25/h7-17,19-20H,6,18H2,1-5H3,(H2,31,32,36). The van der Waals surface area contributed by atoms with E-state index in [0.29, 0.717) is 18.8 Å². The molecule has 0 radical (unpaired) electrons. The summed E-state index contributed by atoms with van der Waals surface area (Å²) in [6.07, 6.45) is 0.587. The first-order valence-corrected chi connectivity index (χ1v) is 12.6. The van der Waals surface area contributed by atoms with E-state index in [2.05, 4.69) is 31.4 Å². The Labute approximate surface area is 217 Å². The van der Waals surface area contributed by atoms with Crippen LogP contribution >= 0.6 is 0 Å². The number of urea groups is 1. The van der Waals surface area contributed by atoms with Crippen LogP contribution in [0.4, 0.5) is 16.3 Å². The van der Waals surface area contributed by atoms with E-state index in [-0.39, 0.29) is 23.3 Å². The molecule has 0 saturated heterocycles. The molecular weight excluding hydrogens is 464 g/mol. The number of rotatable bonds is 7. The fourth-order valence-electron chi connectivity index (χ4n) is 4.13. The zero-order valence-corrected chi connectivity index (χ0v) is 22.0. The van der Waals surface area contributed by atoms with Crippen LogP contribution in [0.25, 0.3) is 16.5 Å². The summed E-state index contributed by atoms with van der Waals surface area (Å²) in [7, 11) is 0. The fraction of sp³-hybridized carbons (Fsp3) is 0.300. The van der Waals surface area contributed by atoms with E-state index in [0.717, 1.165) is 33.4 Å². The van der Waals surface area contributed by atoms with Crippen LogP contribution in [0.15, 0.2) is 72.8 Å². The van der Waals surface area contributed by atoms with E-state index in [9.17, 15) is 9.59 Å². The van der Waals surface area contributed by atoms with Gasteiger partial charge in [-0.2, -0.15) is 5.10 Å². The first-order valence-electron chi connectivity index (χ1n) is 12.6. The summed E-state index contributed by atoms with van der Waals surface area (Å²) >= 11 is 0. The number of anilines is 2. The molecule has 3 aromatic carbocycles. The van der Waals surface area contributed by atoms with Gasteiger partial charge >= 0.3 is 12.0 Å². The number of nitrogens with one attached hydrogen (secondary N) is 2. The van der Waals surface area contributed by atoms with Crippen LogP contribution in [0, 0.1) is 5.92 Å². The van der Waals surface area contributed by atoms with E-state index in [1.54, 1.807) is 4.68 Å². The molecule has 1 aromatic heterocycles. The predicted octanol–water partition coefficient (Wildman–Crippen LogP) is 6.71. The maximum Gasteiger partial charge on any atom is 0.324 e. The Morgan fingerprint density at radius 2 is 1.68 bits per heavy atom. The summed E-state index contributed by atoms with van der Waals surface area (Å²) in [5.41, 5.74) is 3.22. The number of esters is 1. The first kappa shape index (κ1) is 25.9. The molecule has 4 rings (SSSR count). The van der Waals surface area contributed by atoms with Gasteiger partial charge in [0.05, 0.1) is 29.6 Å². The van der Waals surface area contributed by atoms with Gasteiger partial charge in [0.15, 0.2) is 0 Å². The summed E-state index contributed by atoms with van der Waals surface area (Å²) in [4.78, 5) is 25.1. The van der Waals surface area contributed by atoms with Gasteiger partial charge in [-0.1, -0.05) is 76.2 Å². The highest BCUT2D eigenvalue weighted by atomic mass is 16.5. The normalized spacial score (nSPS) is 12.2. The summed E-state index contributed by atoms with van der Waals surface area (Å²) in [6.45, 7) is 10.3.